The standard InChI is InChI=1S/C32H22Br2S/c33-26-13-18-28(19-14-26)35(29-20-15-27(34)16-21-29,30-17-12-23-6-1-2-8-25(23)22-30)32-11-5-9-24-7-3-4-10-31(24)32/h1-22H. The molecule has 0 aromatic heterocycles. The Morgan fingerprint density at radius 1 is 0.400 bits per heavy atom. The van der Waals surface area contributed by atoms with Crippen LogP contribution in [-0.2, 0) is 0 Å². The lowest BCUT2D eigenvalue weighted by atomic mass is 10.1. The second-order valence-electron chi connectivity index (χ2n) is 8.51. The van der Waals surface area contributed by atoms with Crippen LogP contribution in [0.25, 0.3) is 21.5 Å². The minimum absolute atomic E-state index is 1.08. The van der Waals surface area contributed by atoms with Gasteiger partial charge in [0, 0.05) is 28.5 Å². The molecule has 0 bridgehead atoms. The highest BCUT2D eigenvalue weighted by Crippen LogP contribution is 2.74. The van der Waals surface area contributed by atoms with Crippen molar-refractivity contribution >= 4 is 63.4 Å². The molecule has 0 spiro atoms. The lowest BCUT2D eigenvalue weighted by Gasteiger charge is -2.43. The largest absolute Gasteiger partial charge is 0.132 e. The predicted molar refractivity (Wildman–Crippen MR) is 157 cm³/mol. The minimum atomic E-state index is -1.80. The van der Waals surface area contributed by atoms with Crippen LogP contribution in [0.4, 0.5) is 0 Å². The highest BCUT2D eigenvalue weighted by molar-refractivity contribution is 9.10. The molecule has 6 rings (SSSR count). The molecule has 0 heterocycles. The summed E-state index contributed by atoms with van der Waals surface area (Å²) in [5.74, 6) is 0. The first-order valence-corrected chi connectivity index (χ1v) is 14.7. The van der Waals surface area contributed by atoms with Crippen LogP contribution < -0.4 is 0 Å². The topological polar surface area (TPSA) is 0 Å². The van der Waals surface area contributed by atoms with Crippen LogP contribution in [-0.4, -0.2) is 0 Å². The Labute approximate surface area is 224 Å². The van der Waals surface area contributed by atoms with Crippen LogP contribution in [0.15, 0.2) is 162 Å². The molecule has 0 nitrogen and oxygen atoms in total. The monoisotopic (exact) mass is 596 g/mol. The molecular formula is C32H22Br2S. The van der Waals surface area contributed by atoms with Crippen LogP contribution in [0.3, 0.4) is 0 Å². The van der Waals surface area contributed by atoms with Gasteiger partial charge in [-0.2, -0.15) is 0 Å². The van der Waals surface area contributed by atoms with Crippen LogP contribution in [0.2, 0.25) is 0 Å². The molecule has 0 fully saturated rings. The van der Waals surface area contributed by atoms with Crippen molar-refractivity contribution in [3.63, 3.8) is 0 Å². The van der Waals surface area contributed by atoms with E-state index in [4.69, 9.17) is 0 Å². The van der Waals surface area contributed by atoms with Gasteiger partial charge in [-0.1, -0.05) is 98.6 Å². The van der Waals surface area contributed by atoms with Crippen molar-refractivity contribution < 1.29 is 0 Å². The van der Waals surface area contributed by atoms with Gasteiger partial charge in [-0.15, -0.1) is 10.0 Å². The van der Waals surface area contributed by atoms with Gasteiger partial charge < -0.3 is 0 Å². The van der Waals surface area contributed by atoms with Gasteiger partial charge in [0.05, 0.1) is 0 Å². The number of hydrogen-bond donors (Lipinski definition) is 0. The molecule has 0 amide bonds. The fourth-order valence-corrected chi connectivity index (χ4v) is 9.46. The Kier molecular flexibility index (Phi) is 6.01. The Morgan fingerprint density at radius 2 is 0.914 bits per heavy atom. The smallest absolute Gasteiger partial charge is 0.0176 e. The Bertz CT molecular complexity index is 1600. The van der Waals surface area contributed by atoms with Gasteiger partial charge in [0.1, 0.15) is 0 Å². The first-order valence-electron chi connectivity index (χ1n) is 11.5. The van der Waals surface area contributed by atoms with E-state index in [9.17, 15) is 0 Å². The van der Waals surface area contributed by atoms with E-state index in [1.807, 2.05) is 0 Å². The fraction of sp³-hybridized carbons (Fsp3) is 0. The zero-order valence-electron chi connectivity index (χ0n) is 18.9. The predicted octanol–water partition coefficient (Wildman–Crippen LogP) is 10.9. The Hall–Kier alpha value is -2.85. The molecule has 0 radical (unpaired) electrons. The summed E-state index contributed by atoms with van der Waals surface area (Å²) in [6.45, 7) is 0. The maximum Gasteiger partial charge on any atom is 0.0176 e. The highest BCUT2D eigenvalue weighted by atomic mass is 79.9. The van der Waals surface area contributed by atoms with Crippen molar-refractivity contribution in [1.29, 1.82) is 0 Å². The summed E-state index contributed by atoms with van der Waals surface area (Å²) in [5, 5.41) is 5.08. The molecule has 170 valence electrons. The minimum Gasteiger partial charge on any atom is -0.132 e. The summed E-state index contributed by atoms with van der Waals surface area (Å²) in [6, 6.07) is 49.0. The quantitative estimate of drug-likeness (QED) is 0.189. The average molecular weight is 598 g/mol. The molecule has 3 heteroatoms. The molecular weight excluding hydrogens is 576 g/mol. The summed E-state index contributed by atoms with van der Waals surface area (Å²) in [5.41, 5.74) is 0. The van der Waals surface area contributed by atoms with Crippen molar-refractivity contribution in [1.82, 2.24) is 0 Å². The van der Waals surface area contributed by atoms with E-state index in [-0.39, 0.29) is 0 Å². The van der Waals surface area contributed by atoms with E-state index in [2.05, 4.69) is 165 Å². The number of halogens is 2. The first kappa shape index (κ1) is 22.6. The Balaban J connectivity index is 1.81. The molecule has 0 unspecified atom stereocenters. The van der Waals surface area contributed by atoms with Gasteiger partial charge >= 0.3 is 0 Å². The number of rotatable bonds is 4. The zero-order chi connectivity index (χ0) is 23.8. The van der Waals surface area contributed by atoms with Crippen molar-refractivity contribution in [3.05, 3.63) is 142 Å². The molecule has 0 aliphatic heterocycles. The van der Waals surface area contributed by atoms with E-state index in [1.165, 1.54) is 41.1 Å². The first-order chi connectivity index (χ1) is 17.2. The zero-order valence-corrected chi connectivity index (χ0v) is 22.9. The summed E-state index contributed by atoms with van der Waals surface area (Å²) in [7, 11) is -1.80. The highest BCUT2D eigenvalue weighted by Gasteiger charge is 2.34. The van der Waals surface area contributed by atoms with Gasteiger partial charge in [0.25, 0.3) is 0 Å². The van der Waals surface area contributed by atoms with Crippen LogP contribution in [0, 0.1) is 0 Å². The van der Waals surface area contributed by atoms with Crippen molar-refractivity contribution in [2.24, 2.45) is 0 Å². The van der Waals surface area contributed by atoms with Gasteiger partial charge in [-0.3, -0.25) is 0 Å². The molecule has 0 saturated carbocycles. The van der Waals surface area contributed by atoms with E-state index in [1.54, 1.807) is 0 Å². The normalized spacial score (nSPS) is 12.2. The van der Waals surface area contributed by atoms with Gasteiger partial charge in [-0.05, 0) is 88.3 Å². The van der Waals surface area contributed by atoms with E-state index >= 15 is 0 Å². The number of hydrogen-bond acceptors (Lipinski definition) is 0. The second-order valence-corrected chi connectivity index (χ2v) is 13.4. The molecule has 0 aliphatic rings. The van der Waals surface area contributed by atoms with Crippen molar-refractivity contribution in [2.45, 2.75) is 19.6 Å². The summed E-state index contributed by atoms with van der Waals surface area (Å²) in [6.07, 6.45) is 0. The van der Waals surface area contributed by atoms with E-state index in [0.717, 1.165) is 8.95 Å². The third-order valence-corrected chi connectivity index (χ3v) is 11.5. The van der Waals surface area contributed by atoms with Gasteiger partial charge in [-0.25, -0.2) is 0 Å². The van der Waals surface area contributed by atoms with Crippen molar-refractivity contribution in [2.75, 3.05) is 0 Å². The SMILES string of the molecule is Brc1ccc(S(c2ccc(Br)cc2)(c2ccc3ccccc3c2)c2cccc3ccccc23)cc1. The molecule has 0 atom stereocenters. The van der Waals surface area contributed by atoms with Crippen LogP contribution >= 0.6 is 41.9 Å². The maximum absolute atomic E-state index is 3.67. The summed E-state index contributed by atoms with van der Waals surface area (Å²) < 4.78 is 2.17. The molecule has 0 aliphatic carbocycles. The third-order valence-electron chi connectivity index (χ3n) is 6.49. The number of fused-ring (bicyclic) bond motifs is 2. The number of benzene rings is 6. The summed E-state index contributed by atoms with van der Waals surface area (Å²) in [4.78, 5) is 5.32. The van der Waals surface area contributed by atoms with E-state index in [0.29, 0.717) is 0 Å². The van der Waals surface area contributed by atoms with Crippen LogP contribution in [0.5, 0.6) is 0 Å². The molecule has 0 saturated heterocycles. The van der Waals surface area contributed by atoms with Crippen molar-refractivity contribution in [3.8, 4) is 0 Å². The fourth-order valence-electron chi connectivity index (χ4n) is 4.89. The maximum atomic E-state index is 3.67. The molecule has 35 heavy (non-hydrogen) atoms. The average Bonchev–Trinajstić information content (AvgIpc) is 2.91. The third kappa shape index (κ3) is 3.92. The van der Waals surface area contributed by atoms with Gasteiger partial charge in [0.15, 0.2) is 0 Å². The molecule has 6 aromatic rings. The molecule has 6 aromatic carbocycles. The van der Waals surface area contributed by atoms with Gasteiger partial charge in [0.2, 0.25) is 0 Å². The lowest BCUT2D eigenvalue weighted by Crippen LogP contribution is -2.06. The van der Waals surface area contributed by atoms with E-state index < -0.39 is 10.0 Å². The van der Waals surface area contributed by atoms with Crippen LogP contribution in [0.1, 0.15) is 0 Å². The summed E-state index contributed by atoms with van der Waals surface area (Å²) >= 11 is 7.33. The second kappa shape index (κ2) is 9.31. The Morgan fingerprint density at radius 3 is 1.57 bits per heavy atom. The lowest BCUT2D eigenvalue weighted by molar-refractivity contribution is 1.26. The molecule has 0 N–H and O–H groups in total.